The van der Waals surface area contributed by atoms with Gasteiger partial charge >= 0.3 is 5.69 Å². The molecule has 2 aromatic rings. The fourth-order valence-corrected chi connectivity index (χ4v) is 3.05. The number of ether oxygens (including phenoxy) is 1. The predicted octanol–water partition coefficient (Wildman–Crippen LogP) is 2.35. The Kier molecular flexibility index (Phi) is 5.96. The van der Waals surface area contributed by atoms with Crippen LogP contribution in [0.15, 0.2) is 36.5 Å². The number of benzene rings is 1. The average molecular weight is 401 g/mol. The summed E-state index contributed by atoms with van der Waals surface area (Å²) in [5, 5.41) is 11.7. The highest BCUT2D eigenvalue weighted by Gasteiger charge is 2.26. The van der Waals surface area contributed by atoms with Gasteiger partial charge in [0.2, 0.25) is 5.82 Å². The Morgan fingerprint density at radius 1 is 1.29 bits per heavy atom. The minimum absolute atomic E-state index is 0.0462. The van der Waals surface area contributed by atoms with Crippen molar-refractivity contribution in [3.8, 4) is 17.6 Å². The molecule has 0 unspecified atom stereocenters. The van der Waals surface area contributed by atoms with Gasteiger partial charge in [-0.15, -0.1) is 0 Å². The summed E-state index contributed by atoms with van der Waals surface area (Å²) in [6, 6.07) is 7.96. The van der Waals surface area contributed by atoms with Gasteiger partial charge in [-0.2, -0.15) is 0 Å². The Morgan fingerprint density at radius 3 is 2.71 bits per heavy atom. The number of amides is 1. The van der Waals surface area contributed by atoms with Crippen LogP contribution in [0.25, 0.3) is 0 Å². The SMILES string of the molecule is COc1ccc(Cl)cc1C#CC(=O)N1CCN(c2ncccc2[N+](=O)[O-])CC1. The number of methoxy groups -OCH3 is 1. The Hall–Kier alpha value is -3.31. The molecule has 9 heteroatoms. The van der Waals surface area contributed by atoms with Gasteiger partial charge in [-0.1, -0.05) is 17.5 Å². The highest BCUT2D eigenvalue weighted by atomic mass is 35.5. The maximum absolute atomic E-state index is 12.4. The number of hydrogen-bond acceptors (Lipinski definition) is 6. The number of rotatable bonds is 3. The lowest BCUT2D eigenvalue weighted by atomic mass is 10.2. The van der Waals surface area contributed by atoms with Gasteiger partial charge < -0.3 is 14.5 Å². The van der Waals surface area contributed by atoms with Crippen LogP contribution in [0.3, 0.4) is 0 Å². The van der Waals surface area contributed by atoms with Gasteiger partial charge in [0.05, 0.1) is 17.6 Å². The third kappa shape index (κ3) is 4.32. The third-order valence-electron chi connectivity index (χ3n) is 4.29. The maximum Gasteiger partial charge on any atom is 0.311 e. The van der Waals surface area contributed by atoms with E-state index in [2.05, 4.69) is 16.8 Å². The Morgan fingerprint density at radius 2 is 2.04 bits per heavy atom. The van der Waals surface area contributed by atoms with Crippen molar-refractivity contribution in [2.45, 2.75) is 0 Å². The van der Waals surface area contributed by atoms with Crippen molar-refractivity contribution in [3.63, 3.8) is 0 Å². The quantitative estimate of drug-likeness (QED) is 0.446. The molecule has 0 radical (unpaired) electrons. The summed E-state index contributed by atoms with van der Waals surface area (Å²) in [6.07, 6.45) is 1.52. The van der Waals surface area contributed by atoms with Crippen molar-refractivity contribution in [2.75, 3.05) is 38.2 Å². The zero-order valence-electron chi connectivity index (χ0n) is 15.1. The molecule has 3 rings (SSSR count). The van der Waals surface area contributed by atoms with Gasteiger partial charge in [0.15, 0.2) is 0 Å². The van der Waals surface area contributed by atoms with Crippen LogP contribution in [0, 0.1) is 22.0 Å². The van der Waals surface area contributed by atoms with E-state index < -0.39 is 4.92 Å². The van der Waals surface area contributed by atoms with Crippen molar-refractivity contribution in [1.82, 2.24) is 9.88 Å². The van der Waals surface area contributed by atoms with Gasteiger partial charge in [-0.25, -0.2) is 4.98 Å². The summed E-state index contributed by atoms with van der Waals surface area (Å²) in [7, 11) is 1.52. The number of anilines is 1. The van der Waals surface area contributed by atoms with Gasteiger partial charge in [0.25, 0.3) is 5.91 Å². The van der Waals surface area contributed by atoms with E-state index in [0.717, 1.165) is 0 Å². The summed E-state index contributed by atoms with van der Waals surface area (Å²) < 4.78 is 5.22. The number of hydrogen-bond donors (Lipinski definition) is 0. The van der Waals surface area contributed by atoms with Crippen LogP contribution >= 0.6 is 11.6 Å². The molecule has 0 spiro atoms. The summed E-state index contributed by atoms with van der Waals surface area (Å²) in [5.41, 5.74) is 0.487. The second kappa shape index (κ2) is 8.59. The van der Waals surface area contributed by atoms with Gasteiger partial charge in [-0.05, 0) is 24.3 Å². The lowest BCUT2D eigenvalue weighted by Gasteiger charge is -2.34. The molecule has 1 aliphatic heterocycles. The van der Waals surface area contributed by atoms with Crippen LogP contribution in [-0.2, 0) is 4.79 Å². The highest BCUT2D eigenvalue weighted by molar-refractivity contribution is 6.30. The van der Waals surface area contributed by atoms with Crippen LogP contribution in [0.2, 0.25) is 5.02 Å². The molecule has 0 atom stereocenters. The van der Waals surface area contributed by atoms with Crippen molar-refractivity contribution in [2.24, 2.45) is 0 Å². The zero-order valence-corrected chi connectivity index (χ0v) is 15.8. The summed E-state index contributed by atoms with van der Waals surface area (Å²) in [5.74, 6) is 5.94. The topological polar surface area (TPSA) is 88.8 Å². The minimum Gasteiger partial charge on any atom is -0.495 e. The molecule has 1 fully saturated rings. The maximum atomic E-state index is 12.4. The van der Waals surface area contributed by atoms with Crippen molar-refractivity contribution >= 4 is 29.0 Å². The molecule has 1 aromatic carbocycles. The van der Waals surface area contributed by atoms with Crippen LogP contribution in [0.4, 0.5) is 11.5 Å². The smallest absolute Gasteiger partial charge is 0.311 e. The molecule has 2 heterocycles. The number of piperazine rings is 1. The largest absolute Gasteiger partial charge is 0.495 e. The minimum atomic E-state index is -0.455. The number of nitro groups is 1. The van der Waals surface area contributed by atoms with E-state index in [1.165, 1.54) is 25.4 Å². The van der Waals surface area contributed by atoms with Crippen LogP contribution in [0.1, 0.15) is 5.56 Å². The molecule has 144 valence electrons. The van der Waals surface area contributed by atoms with Crippen LogP contribution in [-0.4, -0.2) is 54.0 Å². The Balaban J connectivity index is 1.67. The normalized spacial score (nSPS) is 13.5. The lowest BCUT2D eigenvalue weighted by Crippen LogP contribution is -2.48. The first kappa shape index (κ1) is 19.5. The number of nitrogens with zero attached hydrogens (tertiary/aromatic N) is 4. The summed E-state index contributed by atoms with van der Waals surface area (Å²) in [4.78, 5) is 30.7. The zero-order chi connectivity index (χ0) is 20.1. The lowest BCUT2D eigenvalue weighted by molar-refractivity contribution is -0.384. The fourth-order valence-electron chi connectivity index (χ4n) is 2.87. The highest BCUT2D eigenvalue weighted by Crippen LogP contribution is 2.25. The molecule has 28 heavy (non-hydrogen) atoms. The van der Waals surface area contributed by atoms with Gasteiger partial charge in [0, 0.05) is 49.4 Å². The Bertz CT molecular complexity index is 962. The molecule has 1 aliphatic rings. The first-order valence-electron chi connectivity index (χ1n) is 8.48. The summed E-state index contributed by atoms with van der Waals surface area (Å²) >= 11 is 5.97. The monoisotopic (exact) mass is 400 g/mol. The van der Waals surface area contributed by atoms with Crippen molar-refractivity contribution in [1.29, 1.82) is 0 Å². The van der Waals surface area contributed by atoms with E-state index in [-0.39, 0.29) is 11.6 Å². The summed E-state index contributed by atoms with van der Waals surface area (Å²) in [6.45, 7) is 1.67. The molecule has 0 aliphatic carbocycles. The molecule has 1 aromatic heterocycles. The van der Waals surface area contributed by atoms with E-state index in [1.54, 1.807) is 28.0 Å². The predicted molar refractivity (Wildman–Crippen MR) is 105 cm³/mol. The molecule has 1 saturated heterocycles. The van der Waals surface area contributed by atoms with E-state index >= 15 is 0 Å². The van der Waals surface area contributed by atoms with E-state index in [4.69, 9.17) is 16.3 Å². The molecule has 0 N–H and O–H groups in total. The van der Waals surface area contributed by atoms with Crippen molar-refractivity contribution in [3.05, 3.63) is 57.2 Å². The number of carbonyl (C=O) groups is 1. The van der Waals surface area contributed by atoms with E-state index in [9.17, 15) is 14.9 Å². The molecule has 8 nitrogen and oxygen atoms in total. The van der Waals surface area contributed by atoms with E-state index in [0.29, 0.717) is 48.3 Å². The molecular weight excluding hydrogens is 384 g/mol. The molecular formula is C19H17ClN4O4. The van der Waals surface area contributed by atoms with Crippen LogP contribution in [0.5, 0.6) is 5.75 Å². The van der Waals surface area contributed by atoms with Crippen LogP contribution < -0.4 is 9.64 Å². The number of pyridine rings is 1. The van der Waals surface area contributed by atoms with Gasteiger partial charge in [0.1, 0.15) is 5.75 Å². The fraction of sp³-hybridized carbons (Fsp3) is 0.263. The number of carbonyl (C=O) groups excluding carboxylic acids is 1. The standard InChI is InChI=1S/C19H17ClN4O4/c1-28-17-6-5-15(20)13-14(17)4-7-18(25)22-9-11-23(12-10-22)19-16(24(26)27)3-2-8-21-19/h2-3,5-6,8,13H,9-12H2,1H3. The third-order valence-corrected chi connectivity index (χ3v) is 4.53. The number of halogens is 1. The molecule has 1 amide bonds. The van der Waals surface area contributed by atoms with Gasteiger partial charge in [-0.3, -0.25) is 14.9 Å². The molecule has 0 bridgehead atoms. The first-order chi connectivity index (χ1) is 13.5. The second-order valence-corrected chi connectivity index (χ2v) is 6.41. The molecule has 0 saturated carbocycles. The van der Waals surface area contributed by atoms with E-state index in [1.807, 2.05) is 0 Å². The first-order valence-corrected chi connectivity index (χ1v) is 8.86. The van der Waals surface area contributed by atoms with Crippen molar-refractivity contribution < 1.29 is 14.5 Å². The Labute approximate surface area is 166 Å². The number of aromatic nitrogens is 1. The second-order valence-electron chi connectivity index (χ2n) is 5.98. The average Bonchev–Trinajstić information content (AvgIpc) is 2.72.